The minimum absolute atomic E-state index is 0.356. The number of halogens is 1. The largest absolute Gasteiger partial charge is 0.485 e. The molecule has 146 valence electrons. The quantitative estimate of drug-likeness (QED) is 0.576. The van der Waals surface area contributed by atoms with Gasteiger partial charge in [0.2, 0.25) is 0 Å². The van der Waals surface area contributed by atoms with Crippen molar-refractivity contribution in [1.82, 2.24) is 9.97 Å². The van der Waals surface area contributed by atoms with Crippen molar-refractivity contribution in [2.45, 2.75) is 6.10 Å². The van der Waals surface area contributed by atoms with Gasteiger partial charge >= 0.3 is 0 Å². The van der Waals surface area contributed by atoms with Gasteiger partial charge in [-0.05, 0) is 42.0 Å². The zero-order chi connectivity index (χ0) is 19.9. The number of benzene rings is 1. The SMILES string of the molecule is CN(C)c1ccc(C=CC=Cc2nc3ccc(OC(CO)CF)cc3s2)cn1. The summed E-state index contributed by atoms with van der Waals surface area (Å²) < 4.78 is 19.1. The second kappa shape index (κ2) is 9.43. The molecule has 0 aliphatic carbocycles. The van der Waals surface area contributed by atoms with Crippen LogP contribution in [0.4, 0.5) is 10.2 Å². The fraction of sp³-hybridized carbons (Fsp3) is 0.238. The van der Waals surface area contributed by atoms with E-state index in [9.17, 15) is 4.39 Å². The topological polar surface area (TPSA) is 58.5 Å². The number of fused-ring (bicyclic) bond motifs is 1. The van der Waals surface area contributed by atoms with Crippen LogP contribution in [0, 0.1) is 0 Å². The summed E-state index contributed by atoms with van der Waals surface area (Å²) in [6.45, 7) is -1.09. The van der Waals surface area contributed by atoms with E-state index in [1.54, 1.807) is 6.07 Å². The van der Waals surface area contributed by atoms with E-state index in [4.69, 9.17) is 9.84 Å². The molecule has 28 heavy (non-hydrogen) atoms. The van der Waals surface area contributed by atoms with Crippen molar-refractivity contribution in [1.29, 1.82) is 0 Å². The lowest BCUT2D eigenvalue weighted by Gasteiger charge is -2.12. The number of anilines is 1. The number of alkyl halides is 1. The summed E-state index contributed by atoms with van der Waals surface area (Å²) in [7, 11) is 3.92. The molecule has 5 nitrogen and oxygen atoms in total. The summed E-state index contributed by atoms with van der Waals surface area (Å²) in [6, 6.07) is 9.37. The lowest BCUT2D eigenvalue weighted by atomic mass is 10.2. The van der Waals surface area contributed by atoms with Gasteiger partial charge in [0.05, 0.1) is 16.8 Å². The molecule has 0 saturated heterocycles. The Morgan fingerprint density at radius 1 is 1.21 bits per heavy atom. The summed E-state index contributed by atoms with van der Waals surface area (Å²) in [6.07, 6.45) is 8.78. The predicted molar refractivity (Wildman–Crippen MR) is 114 cm³/mol. The van der Waals surface area contributed by atoms with Crippen LogP contribution in [0.3, 0.4) is 0 Å². The highest BCUT2D eigenvalue weighted by atomic mass is 32.1. The third-order valence-corrected chi connectivity index (χ3v) is 4.91. The maximum absolute atomic E-state index is 12.7. The van der Waals surface area contributed by atoms with E-state index in [0.717, 1.165) is 26.6 Å². The molecule has 1 atom stereocenters. The number of hydrogen-bond acceptors (Lipinski definition) is 6. The van der Waals surface area contributed by atoms with Gasteiger partial charge in [0.15, 0.2) is 0 Å². The van der Waals surface area contributed by atoms with Gasteiger partial charge in [0.1, 0.15) is 29.4 Å². The molecule has 0 aliphatic heterocycles. The molecule has 2 aromatic heterocycles. The lowest BCUT2D eigenvalue weighted by Crippen LogP contribution is -2.23. The fourth-order valence-corrected chi connectivity index (χ4v) is 3.35. The van der Waals surface area contributed by atoms with Crippen LogP contribution in [-0.2, 0) is 0 Å². The summed E-state index contributed by atoms with van der Waals surface area (Å²) in [5.41, 5.74) is 1.87. The fourth-order valence-electron chi connectivity index (χ4n) is 2.44. The zero-order valence-corrected chi connectivity index (χ0v) is 16.6. The molecule has 0 saturated carbocycles. The summed E-state index contributed by atoms with van der Waals surface area (Å²) in [5, 5.41) is 9.91. The molecular formula is C21H22FN3O2S. The first kappa shape index (κ1) is 20.0. The lowest BCUT2D eigenvalue weighted by molar-refractivity contribution is 0.0933. The Morgan fingerprint density at radius 2 is 2.04 bits per heavy atom. The minimum Gasteiger partial charge on any atom is -0.485 e. The third-order valence-electron chi connectivity index (χ3n) is 3.92. The Labute approximate surface area is 167 Å². The number of hydrogen-bond donors (Lipinski definition) is 1. The van der Waals surface area contributed by atoms with Gasteiger partial charge < -0.3 is 14.7 Å². The standard InChI is InChI=1S/C21H22FN3O2S/c1-25(2)20-10-7-15(13-23-20)5-3-4-6-21-24-18-9-8-16(11-19(18)28-21)27-17(12-22)14-26/h3-11,13,17,26H,12,14H2,1-2H3. The summed E-state index contributed by atoms with van der Waals surface area (Å²) in [4.78, 5) is 10.9. The van der Waals surface area contributed by atoms with E-state index in [1.165, 1.54) is 11.3 Å². The molecule has 0 amide bonds. The zero-order valence-electron chi connectivity index (χ0n) is 15.7. The van der Waals surface area contributed by atoms with Crippen LogP contribution >= 0.6 is 11.3 Å². The van der Waals surface area contributed by atoms with Crippen LogP contribution in [0.25, 0.3) is 22.4 Å². The Kier molecular flexibility index (Phi) is 6.73. The highest BCUT2D eigenvalue weighted by Crippen LogP contribution is 2.27. The molecule has 7 heteroatoms. The highest BCUT2D eigenvalue weighted by molar-refractivity contribution is 7.19. The third kappa shape index (κ3) is 5.15. The van der Waals surface area contributed by atoms with Gasteiger partial charge in [0, 0.05) is 20.3 Å². The number of thiazole rings is 1. The van der Waals surface area contributed by atoms with Crippen molar-refractivity contribution in [3.05, 3.63) is 59.3 Å². The van der Waals surface area contributed by atoms with Crippen molar-refractivity contribution < 1.29 is 14.2 Å². The number of aromatic nitrogens is 2. The van der Waals surface area contributed by atoms with Gasteiger partial charge in [-0.25, -0.2) is 14.4 Å². The Morgan fingerprint density at radius 3 is 2.71 bits per heavy atom. The molecule has 0 fully saturated rings. The minimum atomic E-state index is -0.837. The van der Waals surface area contributed by atoms with Crippen molar-refractivity contribution in [3.8, 4) is 5.75 Å². The Bertz CT molecular complexity index is 963. The van der Waals surface area contributed by atoms with Gasteiger partial charge in [-0.2, -0.15) is 0 Å². The average Bonchev–Trinajstić information content (AvgIpc) is 3.11. The van der Waals surface area contributed by atoms with Crippen LogP contribution in [0.1, 0.15) is 10.6 Å². The first-order valence-corrected chi connectivity index (χ1v) is 9.63. The van der Waals surface area contributed by atoms with Crippen molar-refractivity contribution >= 4 is 39.5 Å². The number of rotatable bonds is 8. The maximum atomic E-state index is 12.7. The van der Waals surface area contributed by atoms with Gasteiger partial charge in [-0.15, -0.1) is 11.3 Å². The van der Waals surface area contributed by atoms with Crippen molar-refractivity contribution in [2.75, 3.05) is 32.3 Å². The summed E-state index contributed by atoms with van der Waals surface area (Å²) >= 11 is 1.52. The monoisotopic (exact) mass is 399 g/mol. The molecule has 1 aromatic carbocycles. The van der Waals surface area contributed by atoms with E-state index in [-0.39, 0.29) is 6.61 Å². The molecule has 1 N–H and O–H groups in total. The number of ether oxygens (including phenoxy) is 1. The molecule has 0 spiro atoms. The van der Waals surface area contributed by atoms with E-state index in [2.05, 4.69) is 9.97 Å². The number of nitrogens with zero attached hydrogens (tertiary/aromatic N) is 3. The van der Waals surface area contributed by atoms with Gasteiger partial charge in [0.25, 0.3) is 0 Å². The highest BCUT2D eigenvalue weighted by Gasteiger charge is 2.10. The number of aliphatic hydroxyl groups is 1. The molecule has 0 bridgehead atoms. The normalized spacial score (nSPS) is 12.9. The van der Waals surface area contributed by atoms with Crippen LogP contribution in [0.15, 0.2) is 48.7 Å². The van der Waals surface area contributed by atoms with Crippen LogP contribution < -0.4 is 9.64 Å². The Hall–Kier alpha value is -2.77. The average molecular weight is 399 g/mol. The molecule has 2 heterocycles. The van der Waals surface area contributed by atoms with E-state index in [1.807, 2.05) is 73.8 Å². The van der Waals surface area contributed by atoms with Crippen LogP contribution in [0.5, 0.6) is 5.75 Å². The molecule has 3 rings (SSSR count). The Balaban J connectivity index is 1.66. The second-order valence-electron chi connectivity index (χ2n) is 6.32. The van der Waals surface area contributed by atoms with Gasteiger partial charge in [-0.3, -0.25) is 0 Å². The van der Waals surface area contributed by atoms with E-state index >= 15 is 0 Å². The number of aliphatic hydroxyl groups excluding tert-OH is 1. The van der Waals surface area contributed by atoms with Gasteiger partial charge in [-0.1, -0.05) is 18.2 Å². The van der Waals surface area contributed by atoms with Crippen molar-refractivity contribution in [2.24, 2.45) is 0 Å². The molecular weight excluding hydrogens is 377 g/mol. The van der Waals surface area contributed by atoms with E-state index < -0.39 is 12.8 Å². The summed E-state index contributed by atoms with van der Waals surface area (Å²) in [5.74, 6) is 1.44. The van der Waals surface area contributed by atoms with Crippen molar-refractivity contribution in [3.63, 3.8) is 0 Å². The molecule has 3 aromatic rings. The second-order valence-corrected chi connectivity index (χ2v) is 7.38. The van der Waals surface area contributed by atoms with Crippen LogP contribution in [-0.4, -0.2) is 48.6 Å². The van der Waals surface area contributed by atoms with Crippen LogP contribution in [0.2, 0.25) is 0 Å². The number of allylic oxidation sites excluding steroid dienone is 2. The molecule has 1 unspecified atom stereocenters. The first-order chi connectivity index (χ1) is 13.6. The van der Waals surface area contributed by atoms with E-state index in [0.29, 0.717) is 5.75 Å². The molecule has 0 aliphatic rings. The first-order valence-electron chi connectivity index (χ1n) is 8.81. The number of pyridine rings is 1. The predicted octanol–water partition coefficient (Wildman–Crippen LogP) is 4.19. The smallest absolute Gasteiger partial charge is 0.150 e. The maximum Gasteiger partial charge on any atom is 0.150 e. The molecule has 0 radical (unpaired) electrons.